The Morgan fingerprint density at radius 3 is 2.04 bits per heavy atom. The number of carbonyl (C=O) groups is 4. The molecule has 5 heteroatoms. The molecule has 0 aliphatic heterocycles. The van der Waals surface area contributed by atoms with Crippen molar-refractivity contribution in [1.29, 1.82) is 0 Å². The summed E-state index contributed by atoms with van der Waals surface area (Å²) < 4.78 is 4.43. The van der Waals surface area contributed by atoms with Gasteiger partial charge in [-0.15, -0.1) is 0 Å². The molecular formula is C20H34O5. The van der Waals surface area contributed by atoms with E-state index in [0.717, 1.165) is 18.9 Å². The van der Waals surface area contributed by atoms with Crippen molar-refractivity contribution in [3.05, 3.63) is 12.7 Å². The number of carbonyl (C=O) groups excluding carboxylic acids is 4. The Morgan fingerprint density at radius 1 is 1.24 bits per heavy atom. The van der Waals surface area contributed by atoms with Gasteiger partial charge in [-0.2, -0.15) is 0 Å². The summed E-state index contributed by atoms with van der Waals surface area (Å²) in [6.07, 6.45) is 3.43. The maximum Gasteiger partial charge on any atom is 0.330 e. The lowest BCUT2D eigenvalue weighted by Gasteiger charge is -2.22. The minimum Gasteiger partial charge on any atom is -0.463 e. The van der Waals surface area contributed by atoms with Crippen LogP contribution in [0.1, 0.15) is 67.2 Å². The first-order valence-corrected chi connectivity index (χ1v) is 8.88. The van der Waals surface area contributed by atoms with Gasteiger partial charge in [-0.1, -0.05) is 34.3 Å². The Morgan fingerprint density at radius 2 is 1.80 bits per heavy atom. The summed E-state index contributed by atoms with van der Waals surface area (Å²) in [6, 6.07) is 0. The monoisotopic (exact) mass is 354 g/mol. The van der Waals surface area contributed by atoms with Gasteiger partial charge in [0.25, 0.3) is 0 Å². The molecule has 0 radical (unpaired) electrons. The number of hydrogen-bond donors (Lipinski definition) is 0. The average Bonchev–Trinajstić information content (AvgIpc) is 2.46. The Kier molecular flexibility index (Phi) is 14.8. The summed E-state index contributed by atoms with van der Waals surface area (Å²) in [6.45, 7) is 15.2. The Balaban J connectivity index is 0. The fourth-order valence-electron chi connectivity index (χ4n) is 2.37. The van der Waals surface area contributed by atoms with Gasteiger partial charge < -0.3 is 9.53 Å². The summed E-state index contributed by atoms with van der Waals surface area (Å²) in [5.41, 5.74) is 0. The molecule has 1 unspecified atom stereocenters. The highest BCUT2D eigenvalue weighted by Crippen LogP contribution is 2.24. The van der Waals surface area contributed by atoms with Crippen LogP contribution >= 0.6 is 0 Å². The molecule has 0 aromatic heterocycles. The molecule has 0 N–H and O–H groups in total. The van der Waals surface area contributed by atoms with Crippen LogP contribution in [-0.2, 0) is 23.9 Å². The van der Waals surface area contributed by atoms with Gasteiger partial charge in [-0.25, -0.2) is 4.79 Å². The zero-order valence-electron chi connectivity index (χ0n) is 16.6. The number of Topliss-reactive ketones (excluding diaryl/α,β-unsaturated/α-hetero) is 3. The van der Waals surface area contributed by atoms with Crippen molar-refractivity contribution in [1.82, 2.24) is 0 Å². The maximum atomic E-state index is 11.2. The molecule has 5 nitrogen and oxygen atoms in total. The van der Waals surface area contributed by atoms with Crippen molar-refractivity contribution in [2.24, 2.45) is 17.8 Å². The lowest BCUT2D eigenvalue weighted by Crippen LogP contribution is -2.28. The SMILES string of the molecule is C=CC(=O)OCC.CC(=O)CC(C)C.CC(C)C1CCC(=O)CC1=O. The van der Waals surface area contributed by atoms with Crippen molar-refractivity contribution in [2.75, 3.05) is 6.61 Å². The van der Waals surface area contributed by atoms with E-state index in [2.05, 4.69) is 11.3 Å². The number of ketones is 3. The molecule has 144 valence electrons. The zero-order chi connectivity index (χ0) is 20.0. The Bertz CT molecular complexity index is 449. The van der Waals surface area contributed by atoms with Crippen LogP contribution in [-0.4, -0.2) is 29.9 Å². The second kappa shape index (κ2) is 14.6. The molecular weight excluding hydrogens is 320 g/mol. The number of hydrogen-bond acceptors (Lipinski definition) is 5. The van der Waals surface area contributed by atoms with Crippen LogP contribution in [0.5, 0.6) is 0 Å². The predicted molar refractivity (Wildman–Crippen MR) is 99.2 cm³/mol. The summed E-state index contributed by atoms with van der Waals surface area (Å²) in [7, 11) is 0. The summed E-state index contributed by atoms with van der Waals surface area (Å²) in [4.78, 5) is 42.4. The molecule has 1 saturated carbocycles. The van der Waals surface area contributed by atoms with E-state index in [0.29, 0.717) is 24.9 Å². The molecule has 25 heavy (non-hydrogen) atoms. The minimum atomic E-state index is -0.359. The Hall–Kier alpha value is -1.78. The smallest absolute Gasteiger partial charge is 0.330 e. The third-order valence-electron chi connectivity index (χ3n) is 3.47. The van der Waals surface area contributed by atoms with Crippen molar-refractivity contribution in [3.63, 3.8) is 0 Å². The van der Waals surface area contributed by atoms with Crippen LogP contribution < -0.4 is 0 Å². The summed E-state index contributed by atoms with van der Waals surface area (Å²) in [5.74, 6) is 1.27. The van der Waals surface area contributed by atoms with Crippen molar-refractivity contribution >= 4 is 23.3 Å². The number of rotatable bonds is 5. The molecule has 0 spiro atoms. The van der Waals surface area contributed by atoms with E-state index < -0.39 is 0 Å². The molecule has 0 amide bonds. The van der Waals surface area contributed by atoms with Gasteiger partial charge in [-0.3, -0.25) is 9.59 Å². The molecule has 0 heterocycles. The number of esters is 1. The van der Waals surface area contributed by atoms with Gasteiger partial charge >= 0.3 is 5.97 Å². The lowest BCUT2D eigenvalue weighted by molar-refractivity contribution is -0.137. The first-order valence-electron chi connectivity index (χ1n) is 8.88. The molecule has 1 aliphatic rings. The first-order chi connectivity index (χ1) is 11.5. The average molecular weight is 354 g/mol. The van der Waals surface area contributed by atoms with E-state index in [-0.39, 0.29) is 35.7 Å². The lowest BCUT2D eigenvalue weighted by atomic mass is 9.80. The molecule has 0 aromatic carbocycles. The van der Waals surface area contributed by atoms with Crippen LogP contribution in [0.2, 0.25) is 0 Å². The van der Waals surface area contributed by atoms with E-state index in [1.54, 1.807) is 13.8 Å². The topological polar surface area (TPSA) is 77.5 Å². The van der Waals surface area contributed by atoms with E-state index in [4.69, 9.17) is 0 Å². The van der Waals surface area contributed by atoms with E-state index >= 15 is 0 Å². The van der Waals surface area contributed by atoms with Gasteiger partial charge in [-0.05, 0) is 32.1 Å². The molecule has 0 aromatic rings. The van der Waals surface area contributed by atoms with Crippen molar-refractivity contribution < 1.29 is 23.9 Å². The second-order valence-electron chi connectivity index (χ2n) is 6.83. The predicted octanol–water partition coefficient (Wildman–Crippen LogP) is 3.94. The Labute approximate surface area is 152 Å². The third-order valence-corrected chi connectivity index (χ3v) is 3.47. The van der Waals surface area contributed by atoms with E-state index in [9.17, 15) is 19.2 Å². The summed E-state index contributed by atoms with van der Waals surface area (Å²) in [5, 5.41) is 0. The molecule has 1 fully saturated rings. The van der Waals surface area contributed by atoms with Crippen LogP contribution in [0.3, 0.4) is 0 Å². The largest absolute Gasteiger partial charge is 0.463 e. The van der Waals surface area contributed by atoms with Gasteiger partial charge in [0.2, 0.25) is 0 Å². The van der Waals surface area contributed by atoms with Crippen molar-refractivity contribution in [2.45, 2.75) is 67.2 Å². The highest BCUT2D eigenvalue weighted by atomic mass is 16.5. The molecule has 1 rings (SSSR count). The maximum absolute atomic E-state index is 11.2. The number of ether oxygens (including phenoxy) is 1. The molecule has 1 atom stereocenters. The minimum absolute atomic E-state index is 0.118. The van der Waals surface area contributed by atoms with Gasteiger partial charge in [0.1, 0.15) is 17.3 Å². The normalized spacial score (nSPS) is 16.4. The highest BCUT2D eigenvalue weighted by Gasteiger charge is 2.28. The zero-order valence-corrected chi connectivity index (χ0v) is 16.6. The van der Waals surface area contributed by atoms with Crippen LogP contribution in [0.4, 0.5) is 0 Å². The fourth-order valence-corrected chi connectivity index (χ4v) is 2.37. The van der Waals surface area contributed by atoms with Crippen LogP contribution in [0.25, 0.3) is 0 Å². The molecule has 0 saturated heterocycles. The molecule has 0 bridgehead atoms. The van der Waals surface area contributed by atoms with Gasteiger partial charge in [0.05, 0.1) is 13.0 Å². The quantitative estimate of drug-likeness (QED) is 0.424. The fraction of sp³-hybridized carbons (Fsp3) is 0.700. The first kappa shape index (κ1) is 25.5. The summed E-state index contributed by atoms with van der Waals surface area (Å²) >= 11 is 0. The standard InChI is InChI=1S/C9H14O2.C6H12O.C5H8O2/c1-6(2)8-4-3-7(10)5-9(8)11;1-5(2)4-6(3)7;1-3-5(6)7-4-2/h6,8H,3-5H2,1-2H3;5H,4H2,1-3H3;3H,1,4H2,2H3. The van der Waals surface area contributed by atoms with Crippen LogP contribution in [0.15, 0.2) is 12.7 Å². The molecule has 1 aliphatic carbocycles. The van der Waals surface area contributed by atoms with Crippen LogP contribution in [0, 0.1) is 17.8 Å². The van der Waals surface area contributed by atoms with Gasteiger partial charge in [0.15, 0.2) is 0 Å². The van der Waals surface area contributed by atoms with E-state index in [1.807, 2.05) is 27.7 Å². The second-order valence-corrected chi connectivity index (χ2v) is 6.83. The highest BCUT2D eigenvalue weighted by molar-refractivity contribution is 6.02. The van der Waals surface area contributed by atoms with Crippen molar-refractivity contribution in [3.8, 4) is 0 Å². The van der Waals surface area contributed by atoms with Gasteiger partial charge in [0, 0.05) is 24.8 Å². The third kappa shape index (κ3) is 15.5. The van der Waals surface area contributed by atoms with E-state index in [1.165, 1.54) is 0 Å².